The number of sulfonamides is 1. The Bertz CT molecular complexity index is 1140. The quantitative estimate of drug-likeness (QED) is 0.433. The number of aromatic nitrogens is 1. The fourth-order valence-electron chi connectivity index (χ4n) is 3.85. The van der Waals surface area contributed by atoms with Crippen LogP contribution in [0.25, 0.3) is 0 Å². The summed E-state index contributed by atoms with van der Waals surface area (Å²) in [6.07, 6.45) is 3.58. The molecule has 0 saturated heterocycles. The molecule has 0 unspecified atom stereocenters. The van der Waals surface area contributed by atoms with Crippen LogP contribution in [0, 0.1) is 20.8 Å². The molecule has 3 rings (SSSR count). The third-order valence-electron chi connectivity index (χ3n) is 5.04. The molecule has 4 nitrogen and oxygen atoms in total. The highest BCUT2D eigenvalue weighted by Crippen LogP contribution is 2.27. The van der Waals surface area contributed by atoms with E-state index in [1.54, 1.807) is 6.08 Å². The maximum atomic E-state index is 13.6. The van der Waals surface area contributed by atoms with Gasteiger partial charge in [-0.05, 0) is 61.7 Å². The Morgan fingerprint density at radius 3 is 2.40 bits per heavy atom. The second kappa shape index (κ2) is 9.21. The van der Waals surface area contributed by atoms with Gasteiger partial charge in [0.25, 0.3) is 0 Å². The van der Waals surface area contributed by atoms with Crippen LogP contribution in [0.1, 0.15) is 27.9 Å². The maximum Gasteiger partial charge on any atom is 0.244 e. The molecule has 2 aromatic carbocycles. The van der Waals surface area contributed by atoms with Gasteiger partial charge in [-0.25, -0.2) is 8.42 Å². The molecule has 0 aliphatic rings. The predicted molar refractivity (Wildman–Crippen MR) is 123 cm³/mol. The van der Waals surface area contributed by atoms with Crippen LogP contribution in [0.2, 0.25) is 5.02 Å². The van der Waals surface area contributed by atoms with Gasteiger partial charge in [0.2, 0.25) is 10.0 Å². The van der Waals surface area contributed by atoms with Crippen molar-refractivity contribution < 1.29 is 8.42 Å². The molecule has 6 heteroatoms. The van der Waals surface area contributed by atoms with Crippen molar-refractivity contribution in [3.63, 3.8) is 0 Å². The zero-order valence-corrected chi connectivity index (χ0v) is 19.2. The minimum Gasteiger partial charge on any atom is -0.346 e. The van der Waals surface area contributed by atoms with Gasteiger partial charge in [-0.2, -0.15) is 4.31 Å². The van der Waals surface area contributed by atoms with Crippen molar-refractivity contribution in [2.75, 3.05) is 6.54 Å². The Morgan fingerprint density at radius 2 is 1.77 bits per heavy atom. The highest BCUT2D eigenvalue weighted by atomic mass is 35.5. The molecule has 1 heterocycles. The molecule has 0 fully saturated rings. The molecular formula is C24H27ClN2O2S. The molecule has 0 amide bonds. The summed E-state index contributed by atoms with van der Waals surface area (Å²) in [5.74, 6) is 0. The Hall–Kier alpha value is -2.34. The molecule has 0 atom stereocenters. The molecule has 1 aromatic heterocycles. The van der Waals surface area contributed by atoms with Crippen LogP contribution in [0.3, 0.4) is 0 Å². The van der Waals surface area contributed by atoms with E-state index in [4.69, 9.17) is 11.6 Å². The highest BCUT2D eigenvalue weighted by Gasteiger charge is 2.28. The summed E-state index contributed by atoms with van der Waals surface area (Å²) in [6.45, 7) is 10.5. The number of hydrogen-bond donors (Lipinski definition) is 0. The first-order valence-electron chi connectivity index (χ1n) is 9.79. The largest absolute Gasteiger partial charge is 0.346 e. The molecule has 0 aliphatic carbocycles. The van der Waals surface area contributed by atoms with E-state index in [0.29, 0.717) is 16.5 Å². The lowest BCUT2D eigenvalue weighted by Gasteiger charge is -2.24. The number of hydrogen-bond acceptors (Lipinski definition) is 2. The van der Waals surface area contributed by atoms with E-state index >= 15 is 0 Å². The van der Waals surface area contributed by atoms with Crippen molar-refractivity contribution in [2.24, 2.45) is 0 Å². The molecule has 0 radical (unpaired) electrons. The normalized spacial score (nSPS) is 11.8. The molecule has 0 saturated carbocycles. The van der Waals surface area contributed by atoms with Crippen molar-refractivity contribution in [3.8, 4) is 0 Å². The third-order valence-corrected chi connectivity index (χ3v) is 7.39. The van der Waals surface area contributed by atoms with E-state index in [1.165, 1.54) is 4.31 Å². The van der Waals surface area contributed by atoms with Gasteiger partial charge < -0.3 is 4.57 Å². The fourth-order valence-corrected chi connectivity index (χ4v) is 5.86. The lowest BCUT2D eigenvalue weighted by Crippen LogP contribution is -2.32. The maximum absolute atomic E-state index is 13.6. The summed E-state index contributed by atoms with van der Waals surface area (Å²) >= 11 is 6.11. The summed E-state index contributed by atoms with van der Waals surface area (Å²) in [4.78, 5) is 0.378. The van der Waals surface area contributed by atoms with Crippen LogP contribution < -0.4 is 0 Å². The van der Waals surface area contributed by atoms with Gasteiger partial charge in [-0.1, -0.05) is 47.5 Å². The van der Waals surface area contributed by atoms with Gasteiger partial charge in [0.15, 0.2) is 0 Å². The zero-order chi connectivity index (χ0) is 21.9. The van der Waals surface area contributed by atoms with Crippen LogP contribution in [-0.2, 0) is 23.1 Å². The summed E-state index contributed by atoms with van der Waals surface area (Å²) in [5.41, 5.74) is 4.53. The van der Waals surface area contributed by atoms with E-state index in [-0.39, 0.29) is 13.1 Å². The van der Waals surface area contributed by atoms with Gasteiger partial charge in [0, 0.05) is 30.0 Å². The van der Waals surface area contributed by atoms with Crippen LogP contribution >= 0.6 is 11.6 Å². The lowest BCUT2D eigenvalue weighted by atomic mass is 10.1. The van der Waals surface area contributed by atoms with E-state index in [0.717, 1.165) is 27.9 Å². The highest BCUT2D eigenvalue weighted by molar-refractivity contribution is 7.89. The van der Waals surface area contributed by atoms with Crippen LogP contribution in [0.15, 0.2) is 72.3 Å². The second-order valence-electron chi connectivity index (χ2n) is 7.57. The van der Waals surface area contributed by atoms with Crippen molar-refractivity contribution in [2.45, 2.75) is 38.8 Å². The van der Waals surface area contributed by atoms with E-state index < -0.39 is 10.0 Å². The number of aryl methyl sites for hydroxylation is 3. The Labute approximate surface area is 184 Å². The predicted octanol–water partition coefficient (Wildman–Crippen LogP) is 5.49. The minimum absolute atomic E-state index is 0.234. The smallest absolute Gasteiger partial charge is 0.244 e. The Kier molecular flexibility index (Phi) is 6.86. The van der Waals surface area contributed by atoms with Crippen LogP contribution in [0.4, 0.5) is 0 Å². The molecule has 0 aliphatic heterocycles. The number of halogens is 1. The zero-order valence-electron chi connectivity index (χ0n) is 17.6. The van der Waals surface area contributed by atoms with Crippen molar-refractivity contribution in [1.82, 2.24) is 8.87 Å². The molecular weight excluding hydrogens is 416 g/mol. The monoisotopic (exact) mass is 442 g/mol. The number of rotatable bonds is 8. The van der Waals surface area contributed by atoms with Crippen molar-refractivity contribution >= 4 is 21.6 Å². The fraction of sp³-hybridized carbons (Fsp3) is 0.250. The van der Waals surface area contributed by atoms with E-state index in [2.05, 4.69) is 6.58 Å². The summed E-state index contributed by atoms with van der Waals surface area (Å²) in [5, 5.41) is 0.683. The first-order chi connectivity index (χ1) is 14.2. The van der Waals surface area contributed by atoms with Crippen molar-refractivity contribution in [1.29, 1.82) is 0 Å². The van der Waals surface area contributed by atoms with Crippen LogP contribution in [0.5, 0.6) is 0 Å². The minimum atomic E-state index is -3.69. The van der Waals surface area contributed by atoms with Gasteiger partial charge in [0.05, 0.1) is 11.4 Å². The van der Waals surface area contributed by atoms with Crippen LogP contribution in [-0.4, -0.2) is 23.8 Å². The first kappa shape index (κ1) is 22.3. The molecule has 0 spiro atoms. The third kappa shape index (κ3) is 4.86. The number of benzene rings is 2. The van der Waals surface area contributed by atoms with E-state index in [9.17, 15) is 8.42 Å². The summed E-state index contributed by atoms with van der Waals surface area (Å²) in [6, 6.07) is 15.4. The lowest BCUT2D eigenvalue weighted by molar-refractivity contribution is 0.426. The first-order valence-corrected chi connectivity index (χ1v) is 11.6. The van der Waals surface area contributed by atoms with Crippen molar-refractivity contribution in [3.05, 3.63) is 100 Å². The van der Waals surface area contributed by atoms with Gasteiger partial charge in [0.1, 0.15) is 0 Å². The Balaban J connectivity index is 1.94. The van der Waals surface area contributed by atoms with E-state index in [1.807, 2.05) is 80.1 Å². The topological polar surface area (TPSA) is 42.3 Å². The standard InChI is InChI=1S/C24H27ClN2O2S/c1-5-11-27(30(28,29)24-19(3)13-18(2)14-20(24)4)17-23-10-7-12-26(23)16-21-8-6-9-22(25)15-21/h5-10,12-15H,1,11,16-17H2,2-4H3. The molecule has 158 valence electrons. The summed E-state index contributed by atoms with van der Waals surface area (Å²) < 4.78 is 30.7. The molecule has 0 N–H and O–H groups in total. The Morgan fingerprint density at radius 1 is 1.07 bits per heavy atom. The van der Waals surface area contributed by atoms with Gasteiger partial charge in [-0.3, -0.25) is 0 Å². The average Bonchev–Trinajstić information content (AvgIpc) is 3.07. The second-order valence-corrected chi connectivity index (χ2v) is 9.88. The SMILES string of the molecule is C=CCN(Cc1cccn1Cc1cccc(Cl)c1)S(=O)(=O)c1c(C)cc(C)cc1C. The summed E-state index contributed by atoms with van der Waals surface area (Å²) in [7, 11) is -3.69. The molecule has 30 heavy (non-hydrogen) atoms. The molecule has 0 bridgehead atoms. The molecule has 3 aromatic rings. The number of nitrogens with zero attached hydrogens (tertiary/aromatic N) is 2. The average molecular weight is 443 g/mol. The van der Waals surface area contributed by atoms with Gasteiger partial charge in [-0.15, -0.1) is 6.58 Å². The van der Waals surface area contributed by atoms with Gasteiger partial charge >= 0.3 is 0 Å².